The number of carbonyl (C=O) groups is 1. The number of hydrogen-bond acceptors (Lipinski definition) is 4. The predicted octanol–water partition coefficient (Wildman–Crippen LogP) is 1.75. The first-order chi connectivity index (χ1) is 8.39. The molecule has 2 aromatic rings. The molecule has 0 radical (unpaired) electrons. The average molecular weight is 247 g/mol. The van der Waals surface area contributed by atoms with Crippen LogP contribution in [0.25, 0.3) is 5.65 Å². The summed E-state index contributed by atoms with van der Waals surface area (Å²) in [5.74, 6) is -0.416. The van der Waals surface area contributed by atoms with E-state index in [1.807, 2.05) is 39.1 Å². The summed E-state index contributed by atoms with van der Waals surface area (Å²) >= 11 is 0. The molecule has 0 saturated heterocycles. The van der Waals surface area contributed by atoms with Gasteiger partial charge in [0, 0.05) is 18.9 Å². The second-order valence-corrected chi connectivity index (χ2v) is 5.13. The second-order valence-electron chi connectivity index (χ2n) is 5.13. The van der Waals surface area contributed by atoms with Crippen molar-refractivity contribution in [1.82, 2.24) is 9.38 Å². The number of hydrogen-bond donors (Lipinski definition) is 1. The summed E-state index contributed by atoms with van der Waals surface area (Å²) in [4.78, 5) is 16.1. The van der Waals surface area contributed by atoms with E-state index < -0.39 is 11.6 Å². The molecule has 0 spiro atoms. The van der Waals surface area contributed by atoms with Crippen molar-refractivity contribution in [2.75, 3.05) is 0 Å². The Hall–Kier alpha value is -1.88. The molecular weight excluding hydrogens is 230 g/mol. The van der Waals surface area contributed by atoms with E-state index in [0.29, 0.717) is 17.9 Å². The Morgan fingerprint density at radius 2 is 2.22 bits per heavy atom. The third-order valence-electron chi connectivity index (χ3n) is 2.37. The molecule has 0 saturated carbocycles. The van der Waals surface area contributed by atoms with E-state index in [4.69, 9.17) is 10.5 Å². The van der Waals surface area contributed by atoms with Crippen molar-refractivity contribution in [1.29, 1.82) is 0 Å². The largest absolute Gasteiger partial charge is 0.455 e. The van der Waals surface area contributed by atoms with E-state index in [2.05, 4.69) is 4.98 Å². The van der Waals surface area contributed by atoms with Crippen LogP contribution in [0.15, 0.2) is 24.5 Å². The molecule has 0 amide bonds. The van der Waals surface area contributed by atoms with Gasteiger partial charge in [-0.2, -0.15) is 0 Å². The maximum Gasteiger partial charge on any atom is 0.359 e. The minimum Gasteiger partial charge on any atom is -0.455 e. The third kappa shape index (κ3) is 2.68. The number of imidazole rings is 1. The Morgan fingerprint density at radius 1 is 1.50 bits per heavy atom. The van der Waals surface area contributed by atoms with Gasteiger partial charge in [0.2, 0.25) is 0 Å². The normalized spacial score (nSPS) is 11.8. The first kappa shape index (κ1) is 12.6. The van der Waals surface area contributed by atoms with Gasteiger partial charge in [-0.25, -0.2) is 9.78 Å². The van der Waals surface area contributed by atoms with Crippen LogP contribution < -0.4 is 5.73 Å². The summed E-state index contributed by atoms with van der Waals surface area (Å²) in [7, 11) is 0. The van der Waals surface area contributed by atoms with Gasteiger partial charge in [-0.1, -0.05) is 0 Å². The summed E-state index contributed by atoms with van der Waals surface area (Å²) < 4.78 is 7.05. The first-order valence-electron chi connectivity index (χ1n) is 5.80. The minimum atomic E-state index is -0.519. The van der Waals surface area contributed by atoms with Gasteiger partial charge in [-0.15, -0.1) is 0 Å². The van der Waals surface area contributed by atoms with Crippen LogP contribution in [0.5, 0.6) is 0 Å². The lowest BCUT2D eigenvalue weighted by Gasteiger charge is -2.18. The summed E-state index contributed by atoms with van der Waals surface area (Å²) in [6.45, 7) is 5.93. The Balaban J connectivity index is 2.32. The van der Waals surface area contributed by atoms with Crippen LogP contribution in [0.1, 0.15) is 36.8 Å². The number of aromatic nitrogens is 2. The first-order valence-corrected chi connectivity index (χ1v) is 5.80. The van der Waals surface area contributed by atoms with Crippen molar-refractivity contribution in [3.8, 4) is 0 Å². The molecule has 0 bridgehead atoms. The quantitative estimate of drug-likeness (QED) is 0.821. The lowest BCUT2D eigenvalue weighted by atomic mass is 10.2. The topological polar surface area (TPSA) is 69.6 Å². The van der Waals surface area contributed by atoms with Crippen molar-refractivity contribution < 1.29 is 9.53 Å². The highest BCUT2D eigenvalue weighted by Crippen LogP contribution is 2.13. The van der Waals surface area contributed by atoms with Gasteiger partial charge in [0.15, 0.2) is 5.69 Å². The summed E-state index contributed by atoms with van der Waals surface area (Å²) in [5.41, 5.74) is 7.02. The van der Waals surface area contributed by atoms with Crippen molar-refractivity contribution in [3.05, 3.63) is 35.8 Å². The number of esters is 1. The molecular formula is C13H17N3O2. The summed E-state index contributed by atoms with van der Waals surface area (Å²) in [5, 5.41) is 0. The van der Waals surface area contributed by atoms with Crippen molar-refractivity contribution in [2.45, 2.75) is 32.9 Å². The van der Waals surface area contributed by atoms with Crippen LogP contribution in [0, 0.1) is 0 Å². The molecule has 0 unspecified atom stereocenters. The molecule has 0 aromatic carbocycles. The molecule has 5 heteroatoms. The van der Waals surface area contributed by atoms with Crippen molar-refractivity contribution in [3.63, 3.8) is 0 Å². The number of pyridine rings is 1. The van der Waals surface area contributed by atoms with Crippen molar-refractivity contribution in [2.24, 2.45) is 5.73 Å². The Kier molecular flexibility index (Phi) is 3.09. The van der Waals surface area contributed by atoms with Crippen LogP contribution in [-0.4, -0.2) is 21.0 Å². The third-order valence-corrected chi connectivity index (χ3v) is 2.37. The number of rotatable bonds is 2. The van der Waals surface area contributed by atoms with E-state index in [1.54, 1.807) is 10.6 Å². The lowest BCUT2D eigenvalue weighted by Crippen LogP contribution is -2.24. The van der Waals surface area contributed by atoms with E-state index in [1.165, 1.54) is 0 Å². The van der Waals surface area contributed by atoms with Crippen LogP contribution in [0.2, 0.25) is 0 Å². The van der Waals surface area contributed by atoms with E-state index in [0.717, 1.165) is 5.56 Å². The number of ether oxygens (including phenoxy) is 1. The predicted molar refractivity (Wildman–Crippen MR) is 68.3 cm³/mol. The molecule has 0 aliphatic carbocycles. The van der Waals surface area contributed by atoms with Gasteiger partial charge in [0.25, 0.3) is 0 Å². The molecule has 96 valence electrons. The van der Waals surface area contributed by atoms with Crippen molar-refractivity contribution >= 4 is 11.6 Å². The van der Waals surface area contributed by atoms with Gasteiger partial charge in [0.05, 0.1) is 0 Å². The zero-order chi connectivity index (χ0) is 13.3. The fourth-order valence-corrected chi connectivity index (χ4v) is 1.58. The van der Waals surface area contributed by atoms with Gasteiger partial charge in [-0.05, 0) is 38.5 Å². The Bertz CT molecular complexity index is 581. The molecule has 2 N–H and O–H groups in total. The number of fused-ring (bicyclic) bond motifs is 1. The molecule has 2 heterocycles. The molecule has 0 fully saturated rings. The second kappa shape index (κ2) is 4.42. The van der Waals surface area contributed by atoms with Crippen LogP contribution in [0.3, 0.4) is 0 Å². The van der Waals surface area contributed by atoms with Gasteiger partial charge < -0.3 is 14.9 Å². The van der Waals surface area contributed by atoms with Gasteiger partial charge in [-0.3, -0.25) is 0 Å². The highest BCUT2D eigenvalue weighted by Gasteiger charge is 2.20. The van der Waals surface area contributed by atoms with Crippen LogP contribution in [-0.2, 0) is 11.3 Å². The standard InChI is InChI=1S/C13H17N3O2/c1-13(2,3)18-12(17)10-8-16-5-4-9(7-14)6-11(16)15-10/h4-6,8H,7,14H2,1-3H3. The maximum atomic E-state index is 11.9. The molecule has 2 rings (SSSR count). The fraction of sp³-hybridized carbons (Fsp3) is 0.385. The zero-order valence-electron chi connectivity index (χ0n) is 10.8. The molecule has 2 aromatic heterocycles. The number of carbonyl (C=O) groups excluding carboxylic acids is 1. The number of nitrogens with zero attached hydrogens (tertiary/aromatic N) is 2. The van der Waals surface area contributed by atoms with E-state index in [-0.39, 0.29) is 0 Å². The van der Waals surface area contributed by atoms with Gasteiger partial charge in [0.1, 0.15) is 11.2 Å². The zero-order valence-corrected chi connectivity index (χ0v) is 10.8. The van der Waals surface area contributed by atoms with Crippen LogP contribution >= 0.6 is 0 Å². The summed E-state index contributed by atoms with van der Waals surface area (Å²) in [6, 6.07) is 3.75. The maximum absolute atomic E-state index is 11.9. The van der Waals surface area contributed by atoms with Gasteiger partial charge >= 0.3 is 5.97 Å². The van der Waals surface area contributed by atoms with E-state index >= 15 is 0 Å². The smallest absolute Gasteiger partial charge is 0.359 e. The lowest BCUT2D eigenvalue weighted by molar-refractivity contribution is 0.00636. The SMILES string of the molecule is CC(C)(C)OC(=O)c1cn2ccc(CN)cc2n1. The Morgan fingerprint density at radius 3 is 2.83 bits per heavy atom. The molecule has 0 atom stereocenters. The number of nitrogens with two attached hydrogens (primary N) is 1. The molecule has 18 heavy (non-hydrogen) atoms. The molecule has 5 nitrogen and oxygen atoms in total. The average Bonchev–Trinajstić information content (AvgIpc) is 2.69. The summed E-state index contributed by atoms with van der Waals surface area (Å²) in [6.07, 6.45) is 3.49. The monoisotopic (exact) mass is 247 g/mol. The Labute approximate surface area is 106 Å². The highest BCUT2D eigenvalue weighted by atomic mass is 16.6. The molecule has 0 aliphatic rings. The minimum absolute atomic E-state index is 0.305. The highest BCUT2D eigenvalue weighted by molar-refractivity contribution is 5.88. The van der Waals surface area contributed by atoms with Crippen LogP contribution in [0.4, 0.5) is 0 Å². The molecule has 0 aliphatic heterocycles. The van der Waals surface area contributed by atoms with E-state index in [9.17, 15) is 4.79 Å². The fourth-order valence-electron chi connectivity index (χ4n) is 1.58.